The predicted octanol–water partition coefficient (Wildman–Crippen LogP) is -0.631. The molecule has 6 fully saturated rings. The van der Waals surface area contributed by atoms with Gasteiger partial charge in [0.1, 0.15) is 5.60 Å². The summed E-state index contributed by atoms with van der Waals surface area (Å²) in [6.07, 6.45) is -5.10. The second-order valence-corrected chi connectivity index (χ2v) is 10.9. The van der Waals surface area contributed by atoms with Crippen molar-refractivity contribution in [3.8, 4) is 0 Å². The van der Waals surface area contributed by atoms with Crippen molar-refractivity contribution in [2.75, 3.05) is 13.2 Å². The lowest BCUT2D eigenvalue weighted by Gasteiger charge is -2.49. The van der Waals surface area contributed by atoms with Gasteiger partial charge in [0, 0.05) is 11.8 Å². The zero-order valence-corrected chi connectivity index (χ0v) is 16.7. The van der Waals surface area contributed by atoms with Crippen LogP contribution in [0, 0.1) is 28.1 Å². The van der Waals surface area contributed by atoms with E-state index in [2.05, 4.69) is 0 Å². The van der Waals surface area contributed by atoms with Crippen LogP contribution in [0.4, 0.5) is 0 Å². The monoisotopic (exact) mass is 398 g/mol. The van der Waals surface area contributed by atoms with Crippen LogP contribution in [0.15, 0.2) is 0 Å². The smallest absolute Gasteiger partial charge is 0.188 e. The molecule has 4 saturated heterocycles. The van der Waals surface area contributed by atoms with E-state index < -0.39 is 70.4 Å². The molecule has 0 amide bonds. The molecular weight excluding hydrogens is 368 g/mol. The molecule has 6 rings (SSSR count). The zero-order chi connectivity index (χ0) is 20.1. The van der Waals surface area contributed by atoms with E-state index in [4.69, 9.17) is 18.9 Å². The van der Waals surface area contributed by atoms with E-state index in [1.165, 1.54) is 0 Å². The second kappa shape index (κ2) is 4.78. The van der Waals surface area contributed by atoms with Crippen molar-refractivity contribution in [2.45, 2.75) is 82.3 Å². The molecule has 4 N–H and O–H groups in total. The number of aliphatic hydroxyl groups is 4. The Hall–Kier alpha value is -0.320. The molecule has 0 bridgehead atoms. The summed E-state index contributed by atoms with van der Waals surface area (Å²) in [5.41, 5.74) is -5.42. The number of ether oxygens (including phenoxy) is 4. The van der Waals surface area contributed by atoms with Gasteiger partial charge in [-0.05, 0) is 11.8 Å². The van der Waals surface area contributed by atoms with Crippen molar-refractivity contribution in [1.82, 2.24) is 0 Å². The van der Waals surface area contributed by atoms with Gasteiger partial charge in [0.05, 0.1) is 48.5 Å². The van der Waals surface area contributed by atoms with Crippen LogP contribution in [-0.4, -0.2) is 81.8 Å². The van der Waals surface area contributed by atoms with Gasteiger partial charge in [-0.1, -0.05) is 27.7 Å². The molecule has 2 aliphatic carbocycles. The van der Waals surface area contributed by atoms with Gasteiger partial charge in [0.15, 0.2) is 18.2 Å². The number of aliphatic hydroxyl groups excluding tert-OH is 3. The summed E-state index contributed by atoms with van der Waals surface area (Å²) in [4.78, 5) is 0. The summed E-state index contributed by atoms with van der Waals surface area (Å²) in [6.45, 7) is 8.39. The molecule has 6 aliphatic rings. The average Bonchev–Trinajstić information content (AvgIpc) is 3.31. The van der Waals surface area contributed by atoms with E-state index in [1.807, 2.05) is 27.7 Å². The van der Waals surface area contributed by atoms with Crippen LogP contribution < -0.4 is 0 Å². The standard InChI is InChI=1S/C20H30O8/c1-8-6-25-10-5-17-13-11(22)12(16(2,3)4)18(17)9(21)7-26-15(18)28-20(17,14(23)27-13)19(8,10)24/h8-15,21-24H,5-7H2,1-4H3/t8-,9?,10?,11-,12+,13?,14?,15+,17?,18?,19-,20?/m1/s1. The van der Waals surface area contributed by atoms with Crippen molar-refractivity contribution in [1.29, 1.82) is 0 Å². The minimum atomic E-state index is -1.52. The maximum absolute atomic E-state index is 12.0. The molecule has 8 heteroatoms. The van der Waals surface area contributed by atoms with E-state index in [9.17, 15) is 20.4 Å². The third-order valence-corrected chi connectivity index (χ3v) is 9.18. The molecule has 7 unspecified atom stereocenters. The largest absolute Gasteiger partial charge is 0.390 e. The van der Waals surface area contributed by atoms with E-state index in [1.54, 1.807) is 0 Å². The molecule has 8 nitrogen and oxygen atoms in total. The molecular formula is C20H30O8. The van der Waals surface area contributed by atoms with Gasteiger partial charge in [-0.2, -0.15) is 0 Å². The van der Waals surface area contributed by atoms with Crippen LogP contribution >= 0.6 is 0 Å². The Bertz CT molecular complexity index is 738. The van der Waals surface area contributed by atoms with Gasteiger partial charge in [0.2, 0.25) is 0 Å². The lowest BCUT2D eigenvalue weighted by atomic mass is 9.51. The van der Waals surface area contributed by atoms with Crippen LogP contribution in [0.1, 0.15) is 34.1 Å². The Balaban J connectivity index is 1.68. The summed E-state index contributed by atoms with van der Waals surface area (Å²) in [5, 5.41) is 45.9. The van der Waals surface area contributed by atoms with Crippen molar-refractivity contribution >= 4 is 0 Å². The minimum Gasteiger partial charge on any atom is -0.390 e. The van der Waals surface area contributed by atoms with Gasteiger partial charge in [-0.3, -0.25) is 0 Å². The van der Waals surface area contributed by atoms with Gasteiger partial charge >= 0.3 is 0 Å². The molecule has 4 aliphatic heterocycles. The van der Waals surface area contributed by atoms with Crippen molar-refractivity contribution in [3.63, 3.8) is 0 Å². The summed E-state index contributed by atoms with van der Waals surface area (Å²) in [5.74, 6) is -0.702. The Labute approximate surface area is 163 Å². The van der Waals surface area contributed by atoms with E-state index in [-0.39, 0.29) is 12.5 Å². The van der Waals surface area contributed by atoms with Crippen molar-refractivity contribution in [3.05, 3.63) is 0 Å². The number of fused-ring (bicyclic) bond motifs is 1. The van der Waals surface area contributed by atoms with Gasteiger partial charge in [-0.15, -0.1) is 0 Å². The first-order valence-corrected chi connectivity index (χ1v) is 10.3. The lowest BCUT2D eigenvalue weighted by molar-refractivity contribution is -0.296. The lowest BCUT2D eigenvalue weighted by Crippen LogP contribution is -2.67. The fourth-order valence-electron chi connectivity index (χ4n) is 8.66. The topological polar surface area (TPSA) is 118 Å². The molecule has 2 spiro atoms. The molecule has 4 heterocycles. The second-order valence-electron chi connectivity index (χ2n) is 10.9. The molecule has 0 aromatic heterocycles. The van der Waals surface area contributed by atoms with Crippen molar-refractivity contribution in [2.24, 2.45) is 28.1 Å². The molecule has 0 aromatic rings. The van der Waals surface area contributed by atoms with E-state index >= 15 is 0 Å². The maximum Gasteiger partial charge on any atom is 0.188 e. The Morgan fingerprint density at radius 3 is 2.43 bits per heavy atom. The highest BCUT2D eigenvalue weighted by Crippen LogP contribution is 2.85. The van der Waals surface area contributed by atoms with Crippen LogP contribution in [0.2, 0.25) is 0 Å². The molecule has 2 saturated carbocycles. The average molecular weight is 398 g/mol. The Kier molecular flexibility index (Phi) is 3.15. The molecule has 0 radical (unpaired) electrons. The van der Waals surface area contributed by atoms with Gasteiger partial charge in [0.25, 0.3) is 0 Å². The summed E-state index contributed by atoms with van der Waals surface area (Å²) >= 11 is 0. The summed E-state index contributed by atoms with van der Waals surface area (Å²) in [7, 11) is 0. The van der Waals surface area contributed by atoms with E-state index in [0.29, 0.717) is 13.0 Å². The minimum absolute atomic E-state index is 0.0874. The first kappa shape index (κ1) is 18.4. The molecule has 28 heavy (non-hydrogen) atoms. The fourth-order valence-corrected chi connectivity index (χ4v) is 8.66. The SMILES string of the molecule is C[C@@H]1COC2CC34C5OC(O)C3(O[C@@H]3OCC(O)C34[C@H](C(C)(C)C)[C@H]5O)[C@]21O. The van der Waals surface area contributed by atoms with Crippen LogP contribution in [-0.2, 0) is 18.9 Å². The highest BCUT2D eigenvalue weighted by molar-refractivity contribution is 5.43. The van der Waals surface area contributed by atoms with Gasteiger partial charge < -0.3 is 39.4 Å². The number of hydrogen-bond donors (Lipinski definition) is 4. The molecule has 158 valence electrons. The van der Waals surface area contributed by atoms with Crippen molar-refractivity contribution < 1.29 is 39.4 Å². The van der Waals surface area contributed by atoms with Gasteiger partial charge in [-0.25, -0.2) is 0 Å². The molecule has 12 atom stereocenters. The van der Waals surface area contributed by atoms with Crippen LogP contribution in [0.25, 0.3) is 0 Å². The highest BCUT2D eigenvalue weighted by Gasteiger charge is 2.99. The number of hydrogen-bond acceptors (Lipinski definition) is 8. The first-order valence-electron chi connectivity index (χ1n) is 10.3. The number of rotatable bonds is 0. The maximum atomic E-state index is 12.0. The Morgan fingerprint density at radius 2 is 1.75 bits per heavy atom. The van der Waals surface area contributed by atoms with Crippen LogP contribution in [0.5, 0.6) is 0 Å². The predicted molar refractivity (Wildman–Crippen MR) is 92.7 cm³/mol. The fraction of sp³-hybridized carbons (Fsp3) is 1.00. The van der Waals surface area contributed by atoms with E-state index in [0.717, 1.165) is 0 Å². The normalized spacial score (nSPS) is 66.9. The summed E-state index contributed by atoms with van der Waals surface area (Å²) in [6, 6.07) is 0. The third kappa shape index (κ3) is 1.37. The first-order chi connectivity index (χ1) is 13.0. The zero-order valence-electron chi connectivity index (χ0n) is 16.7. The quantitative estimate of drug-likeness (QED) is 0.426. The van der Waals surface area contributed by atoms with Crippen LogP contribution in [0.3, 0.4) is 0 Å². The third-order valence-electron chi connectivity index (χ3n) is 9.18. The summed E-state index contributed by atoms with van der Waals surface area (Å²) < 4.78 is 24.3. The highest BCUT2D eigenvalue weighted by atomic mass is 16.8. The molecule has 0 aromatic carbocycles. The Morgan fingerprint density at radius 1 is 1.04 bits per heavy atom.